The summed E-state index contributed by atoms with van der Waals surface area (Å²) < 4.78 is 33.7. The van der Waals surface area contributed by atoms with Crippen LogP contribution in [0.3, 0.4) is 0 Å². The van der Waals surface area contributed by atoms with Crippen LogP contribution < -0.4 is 4.74 Å². The smallest absolute Gasteiger partial charge is 0.331 e. The Labute approximate surface area is 166 Å². The molecular formula is C20H27NO6S. The lowest BCUT2D eigenvalue weighted by Crippen LogP contribution is -2.48. The van der Waals surface area contributed by atoms with E-state index in [2.05, 4.69) is 0 Å². The van der Waals surface area contributed by atoms with Gasteiger partial charge in [0, 0.05) is 18.2 Å². The number of hydrogen-bond donors (Lipinski definition) is 0. The van der Waals surface area contributed by atoms with Gasteiger partial charge in [0.2, 0.25) is 0 Å². The number of sulfone groups is 1. The van der Waals surface area contributed by atoms with Gasteiger partial charge in [-0.2, -0.15) is 0 Å². The number of hydrogen-bond acceptors (Lipinski definition) is 6. The van der Waals surface area contributed by atoms with Crippen molar-refractivity contribution >= 4 is 27.8 Å². The Morgan fingerprint density at radius 3 is 2.50 bits per heavy atom. The summed E-state index contributed by atoms with van der Waals surface area (Å²) in [6.45, 7) is 3.39. The number of carbonyl (C=O) groups is 2. The Morgan fingerprint density at radius 1 is 1.29 bits per heavy atom. The van der Waals surface area contributed by atoms with Crippen LogP contribution in [0.5, 0.6) is 5.75 Å². The van der Waals surface area contributed by atoms with Gasteiger partial charge in [-0.05, 0) is 43.5 Å². The molecule has 0 saturated carbocycles. The molecule has 0 unspecified atom stereocenters. The first kappa shape index (κ1) is 21.9. The first-order valence-corrected chi connectivity index (χ1v) is 11.1. The number of benzene rings is 1. The Hall–Kier alpha value is -2.35. The minimum Gasteiger partial charge on any atom is -0.497 e. The molecule has 0 radical (unpaired) electrons. The number of rotatable bonds is 8. The topological polar surface area (TPSA) is 90.0 Å². The summed E-state index contributed by atoms with van der Waals surface area (Å²) >= 11 is 0. The van der Waals surface area contributed by atoms with Gasteiger partial charge < -0.3 is 14.4 Å². The van der Waals surface area contributed by atoms with Crippen LogP contribution in [0, 0.1) is 0 Å². The standard InChI is InChI=1S/C20H27NO6S/c1-4-15(2)21(17-11-12-28(24,25)14-17)19(22)13-27-20(23)10-7-16-5-8-18(26-3)9-6-16/h5-10,15,17H,4,11-14H2,1-3H3/b10-7+/t15-,17+/m1/s1. The number of carbonyl (C=O) groups excluding carboxylic acids is 2. The van der Waals surface area contributed by atoms with E-state index in [1.165, 1.54) is 6.08 Å². The third-order valence-corrected chi connectivity index (χ3v) is 6.57. The van der Waals surface area contributed by atoms with Crippen molar-refractivity contribution in [3.8, 4) is 5.75 Å². The quantitative estimate of drug-likeness (QED) is 0.482. The average molecular weight is 410 g/mol. The Kier molecular flexibility index (Phi) is 7.62. The fourth-order valence-corrected chi connectivity index (χ4v) is 4.85. The third-order valence-electron chi connectivity index (χ3n) is 4.82. The highest BCUT2D eigenvalue weighted by atomic mass is 32.2. The zero-order valence-corrected chi connectivity index (χ0v) is 17.3. The molecule has 154 valence electrons. The van der Waals surface area contributed by atoms with Crippen molar-refractivity contribution in [3.05, 3.63) is 35.9 Å². The van der Waals surface area contributed by atoms with Crippen LogP contribution in [-0.4, -0.2) is 62.5 Å². The van der Waals surface area contributed by atoms with Crippen molar-refractivity contribution in [3.63, 3.8) is 0 Å². The predicted octanol–water partition coefficient (Wildman–Crippen LogP) is 2.07. The fourth-order valence-electron chi connectivity index (χ4n) is 3.14. The molecule has 28 heavy (non-hydrogen) atoms. The van der Waals surface area contributed by atoms with E-state index in [0.717, 1.165) is 5.56 Å². The largest absolute Gasteiger partial charge is 0.497 e. The summed E-state index contributed by atoms with van der Waals surface area (Å²) in [5.74, 6) is -0.240. The average Bonchev–Trinajstić information content (AvgIpc) is 3.04. The molecule has 0 aliphatic carbocycles. The van der Waals surface area contributed by atoms with Crippen molar-refractivity contribution < 1.29 is 27.5 Å². The van der Waals surface area contributed by atoms with Gasteiger partial charge in [0.15, 0.2) is 16.4 Å². The Morgan fingerprint density at radius 2 is 1.96 bits per heavy atom. The molecule has 7 nitrogen and oxygen atoms in total. The van der Waals surface area contributed by atoms with Gasteiger partial charge in [-0.3, -0.25) is 4.79 Å². The molecule has 0 bridgehead atoms. The summed E-state index contributed by atoms with van der Waals surface area (Å²) in [5, 5.41) is 0. The van der Waals surface area contributed by atoms with Crippen molar-refractivity contribution in [2.45, 2.75) is 38.8 Å². The van der Waals surface area contributed by atoms with E-state index < -0.39 is 22.4 Å². The highest BCUT2D eigenvalue weighted by molar-refractivity contribution is 7.91. The minimum atomic E-state index is -3.11. The Bertz CT molecular complexity index is 816. The van der Waals surface area contributed by atoms with Crippen LogP contribution in [-0.2, 0) is 24.2 Å². The van der Waals surface area contributed by atoms with Crippen LogP contribution in [0.2, 0.25) is 0 Å². The van der Waals surface area contributed by atoms with E-state index >= 15 is 0 Å². The molecule has 2 atom stereocenters. The summed E-state index contributed by atoms with van der Waals surface area (Å²) in [4.78, 5) is 26.1. The van der Waals surface area contributed by atoms with Crippen LogP contribution in [0.15, 0.2) is 30.3 Å². The van der Waals surface area contributed by atoms with Gasteiger partial charge >= 0.3 is 5.97 Å². The second-order valence-corrected chi connectivity index (χ2v) is 9.06. The number of esters is 1. The lowest BCUT2D eigenvalue weighted by molar-refractivity contribution is -0.150. The predicted molar refractivity (Wildman–Crippen MR) is 107 cm³/mol. The molecule has 1 aromatic rings. The highest BCUT2D eigenvalue weighted by Crippen LogP contribution is 2.21. The summed E-state index contributed by atoms with van der Waals surface area (Å²) in [5.41, 5.74) is 0.793. The maximum atomic E-state index is 12.6. The van der Waals surface area contributed by atoms with Gasteiger partial charge in [-0.25, -0.2) is 13.2 Å². The number of ether oxygens (including phenoxy) is 2. The lowest BCUT2D eigenvalue weighted by atomic mass is 10.1. The highest BCUT2D eigenvalue weighted by Gasteiger charge is 2.36. The molecule has 8 heteroatoms. The molecule has 1 fully saturated rings. The zero-order valence-electron chi connectivity index (χ0n) is 16.5. The van der Waals surface area contributed by atoms with Crippen LogP contribution in [0.25, 0.3) is 6.08 Å². The lowest BCUT2D eigenvalue weighted by Gasteiger charge is -2.33. The zero-order chi connectivity index (χ0) is 20.7. The summed E-state index contributed by atoms with van der Waals surface area (Å²) in [6, 6.07) is 6.64. The van der Waals surface area contributed by atoms with E-state index in [0.29, 0.717) is 18.6 Å². The fraction of sp³-hybridized carbons (Fsp3) is 0.500. The van der Waals surface area contributed by atoms with Gasteiger partial charge in [-0.1, -0.05) is 19.1 Å². The second-order valence-electron chi connectivity index (χ2n) is 6.83. The maximum Gasteiger partial charge on any atom is 0.331 e. The van der Waals surface area contributed by atoms with E-state index in [4.69, 9.17) is 9.47 Å². The van der Waals surface area contributed by atoms with E-state index in [1.54, 1.807) is 42.4 Å². The van der Waals surface area contributed by atoms with Crippen molar-refractivity contribution in [2.75, 3.05) is 25.2 Å². The normalized spacial score (nSPS) is 19.3. The van der Waals surface area contributed by atoms with Crippen molar-refractivity contribution in [1.29, 1.82) is 0 Å². The van der Waals surface area contributed by atoms with Gasteiger partial charge in [0.1, 0.15) is 5.75 Å². The van der Waals surface area contributed by atoms with Gasteiger partial charge in [-0.15, -0.1) is 0 Å². The molecule has 1 aromatic carbocycles. The first-order valence-electron chi connectivity index (χ1n) is 9.26. The molecule has 2 rings (SSSR count). The van der Waals surface area contributed by atoms with E-state index in [9.17, 15) is 18.0 Å². The van der Waals surface area contributed by atoms with Crippen LogP contribution in [0.1, 0.15) is 32.3 Å². The van der Waals surface area contributed by atoms with Crippen molar-refractivity contribution in [2.24, 2.45) is 0 Å². The van der Waals surface area contributed by atoms with Crippen LogP contribution >= 0.6 is 0 Å². The molecular weight excluding hydrogens is 382 g/mol. The molecule has 1 aliphatic rings. The monoisotopic (exact) mass is 409 g/mol. The number of methoxy groups -OCH3 is 1. The molecule has 1 aliphatic heterocycles. The van der Waals surface area contributed by atoms with E-state index in [1.807, 2.05) is 13.8 Å². The Balaban J connectivity index is 1.93. The molecule has 0 aromatic heterocycles. The molecule has 0 N–H and O–H groups in total. The number of nitrogens with zero attached hydrogens (tertiary/aromatic N) is 1. The molecule has 1 heterocycles. The van der Waals surface area contributed by atoms with Gasteiger partial charge in [0.05, 0.1) is 18.6 Å². The molecule has 1 saturated heterocycles. The minimum absolute atomic E-state index is 0.0333. The third kappa shape index (κ3) is 6.09. The van der Waals surface area contributed by atoms with Crippen molar-refractivity contribution in [1.82, 2.24) is 4.90 Å². The molecule has 1 amide bonds. The maximum absolute atomic E-state index is 12.6. The SMILES string of the molecule is CC[C@@H](C)N(C(=O)COC(=O)/C=C/c1ccc(OC)cc1)[C@H]1CCS(=O)(=O)C1. The second kappa shape index (κ2) is 9.73. The number of amides is 1. The van der Waals surface area contributed by atoms with E-state index in [-0.39, 0.29) is 29.5 Å². The summed E-state index contributed by atoms with van der Waals surface area (Å²) in [7, 11) is -1.54. The summed E-state index contributed by atoms with van der Waals surface area (Å²) in [6.07, 6.45) is 3.95. The first-order chi connectivity index (χ1) is 13.3. The molecule has 0 spiro atoms. The van der Waals surface area contributed by atoms with Crippen LogP contribution in [0.4, 0.5) is 0 Å². The van der Waals surface area contributed by atoms with Gasteiger partial charge in [0.25, 0.3) is 5.91 Å².